The number of methoxy groups -OCH3 is 2. The molecule has 0 aromatic heterocycles. The Balaban J connectivity index is 1.72. The van der Waals surface area contributed by atoms with E-state index in [-0.39, 0.29) is 41.6 Å². The SMILES string of the molecule is COC(=O)CN(c1ccc(CN(c2ccc(OCc3ccccc3)c(C(=O)OC)c2)S(=O)(=O)Cc2ccccc2)cc1)S(C)(=O)=O. The largest absolute Gasteiger partial charge is 0.488 e. The van der Waals surface area contributed by atoms with Gasteiger partial charge in [-0.05, 0) is 47.0 Å². The van der Waals surface area contributed by atoms with E-state index >= 15 is 0 Å². The monoisotopic (exact) mass is 666 g/mol. The zero-order chi connectivity index (χ0) is 33.3. The minimum absolute atomic E-state index is 0.0396. The van der Waals surface area contributed by atoms with Crippen molar-refractivity contribution in [1.82, 2.24) is 0 Å². The molecule has 11 nitrogen and oxygen atoms in total. The van der Waals surface area contributed by atoms with E-state index in [0.29, 0.717) is 11.1 Å². The number of hydrogen-bond donors (Lipinski definition) is 0. The number of esters is 2. The minimum atomic E-state index is -4.04. The van der Waals surface area contributed by atoms with Gasteiger partial charge in [-0.25, -0.2) is 21.6 Å². The Morgan fingerprint density at radius 1 is 0.674 bits per heavy atom. The lowest BCUT2D eigenvalue weighted by Crippen LogP contribution is -2.35. The molecule has 0 saturated heterocycles. The highest BCUT2D eigenvalue weighted by molar-refractivity contribution is 7.92. The van der Waals surface area contributed by atoms with Crippen molar-refractivity contribution in [2.24, 2.45) is 0 Å². The average Bonchev–Trinajstić information content (AvgIpc) is 3.05. The molecule has 0 spiro atoms. The number of nitrogens with zero attached hydrogens (tertiary/aromatic N) is 2. The number of carbonyl (C=O) groups excluding carboxylic acids is 2. The number of carbonyl (C=O) groups is 2. The van der Waals surface area contributed by atoms with Gasteiger partial charge in [-0.1, -0.05) is 72.8 Å². The number of rotatable bonds is 14. The third-order valence-electron chi connectivity index (χ3n) is 6.87. The minimum Gasteiger partial charge on any atom is -0.488 e. The summed E-state index contributed by atoms with van der Waals surface area (Å²) in [6.45, 7) is -0.509. The van der Waals surface area contributed by atoms with Gasteiger partial charge in [0, 0.05) is 0 Å². The maximum Gasteiger partial charge on any atom is 0.341 e. The van der Waals surface area contributed by atoms with E-state index in [1.54, 1.807) is 48.5 Å². The summed E-state index contributed by atoms with van der Waals surface area (Å²) in [6.07, 6.45) is 0.966. The topological polar surface area (TPSA) is 137 Å². The molecule has 0 fully saturated rings. The van der Waals surface area contributed by atoms with Crippen LogP contribution in [0.15, 0.2) is 103 Å². The summed E-state index contributed by atoms with van der Waals surface area (Å²) in [7, 11) is -5.49. The molecule has 0 aliphatic heterocycles. The van der Waals surface area contributed by atoms with Crippen LogP contribution in [0.5, 0.6) is 5.75 Å². The molecule has 4 aromatic rings. The first-order valence-corrected chi connectivity index (χ1v) is 17.4. The Bertz CT molecular complexity index is 1870. The molecular weight excluding hydrogens is 633 g/mol. The molecule has 0 heterocycles. The van der Waals surface area contributed by atoms with E-state index in [0.717, 1.165) is 23.2 Å². The van der Waals surface area contributed by atoms with E-state index in [4.69, 9.17) is 9.47 Å². The van der Waals surface area contributed by atoms with E-state index < -0.39 is 38.5 Å². The van der Waals surface area contributed by atoms with Crippen LogP contribution in [0, 0.1) is 0 Å². The lowest BCUT2D eigenvalue weighted by molar-refractivity contribution is -0.138. The van der Waals surface area contributed by atoms with Gasteiger partial charge < -0.3 is 14.2 Å². The maximum atomic E-state index is 14.0. The van der Waals surface area contributed by atoms with Crippen LogP contribution in [0.1, 0.15) is 27.0 Å². The van der Waals surface area contributed by atoms with Crippen molar-refractivity contribution in [3.63, 3.8) is 0 Å². The normalized spacial score (nSPS) is 11.4. The summed E-state index contributed by atoms with van der Waals surface area (Å²) < 4.78 is 70.3. The molecule has 13 heteroatoms. The predicted octanol–water partition coefficient (Wildman–Crippen LogP) is 4.53. The highest BCUT2D eigenvalue weighted by Gasteiger charge is 2.27. The first-order valence-electron chi connectivity index (χ1n) is 14.0. The second kappa shape index (κ2) is 14.9. The molecule has 0 unspecified atom stereocenters. The molecule has 0 atom stereocenters. The third kappa shape index (κ3) is 8.86. The summed E-state index contributed by atoms with van der Waals surface area (Å²) in [6, 6.07) is 28.6. The second-order valence-corrected chi connectivity index (χ2v) is 14.0. The molecule has 0 bridgehead atoms. The number of sulfonamides is 2. The van der Waals surface area contributed by atoms with Crippen molar-refractivity contribution in [1.29, 1.82) is 0 Å². The molecule has 242 valence electrons. The molecule has 0 aliphatic rings. The number of benzene rings is 4. The zero-order valence-corrected chi connectivity index (χ0v) is 27.2. The van der Waals surface area contributed by atoms with Crippen LogP contribution in [-0.4, -0.2) is 55.8 Å². The molecule has 0 N–H and O–H groups in total. The summed E-state index contributed by atoms with van der Waals surface area (Å²) >= 11 is 0. The van der Waals surface area contributed by atoms with Crippen molar-refractivity contribution in [2.75, 3.05) is 35.6 Å². The number of hydrogen-bond acceptors (Lipinski definition) is 9. The molecule has 46 heavy (non-hydrogen) atoms. The van der Waals surface area contributed by atoms with Crippen molar-refractivity contribution in [2.45, 2.75) is 18.9 Å². The summed E-state index contributed by atoms with van der Waals surface area (Å²) in [5.74, 6) is -1.56. The molecule has 0 saturated carbocycles. The molecule has 4 aromatic carbocycles. The fourth-order valence-corrected chi connectivity index (χ4v) is 6.93. The quantitative estimate of drug-likeness (QED) is 0.178. The molecular formula is C33H34N2O9S2. The van der Waals surface area contributed by atoms with Gasteiger partial charge in [-0.2, -0.15) is 0 Å². The van der Waals surface area contributed by atoms with E-state index in [1.165, 1.54) is 35.7 Å². The molecule has 0 radical (unpaired) electrons. The number of anilines is 2. The van der Waals surface area contributed by atoms with Crippen molar-refractivity contribution in [3.8, 4) is 5.75 Å². The van der Waals surface area contributed by atoms with Crippen LogP contribution < -0.4 is 13.3 Å². The molecule has 0 aliphatic carbocycles. The van der Waals surface area contributed by atoms with E-state index in [2.05, 4.69) is 4.74 Å². The predicted molar refractivity (Wildman–Crippen MR) is 174 cm³/mol. The first kappa shape index (κ1) is 34.0. The van der Waals surface area contributed by atoms with Crippen LogP contribution in [0.4, 0.5) is 11.4 Å². The zero-order valence-electron chi connectivity index (χ0n) is 25.5. The van der Waals surface area contributed by atoms with Gasteiger partial charge >= 0.3 is 11.9 Å². The van der Waals surface area contributed by atoms with Gasteiger partial charge in [0.1, 0.15) is 24.5 Å². The summed E-state index contributed by atoms with van der Waals surface area (Å²) in [5, 5.41) is 0. The third-order valence-corrected chi connectivity index (χ3v) is 9.72. The van der Waals surface area contributed by atoms with Crippen LogP contribution in [0.2, 0.25) is 0 Å². The van der Waals surface area contributed by atoms with E-state index in [1.807, 2.05) is 30.3 Å². The fraction of sp³-hybridized carbons (Fsp3) is 0.212. The van der Waals surface area contributed by atoms with Gasteiger partial charge in [0.25, 0.3) is 0 Å². The Kier molecular flexibility index (Phi) is 11.0. The van der Waals surface area contributed by atoms with Crippen LogP contribution in [-0.2, 0) is 53.2 Å². The lowest BCUT2D eigenvalue weighted by Gasteiger charge is -2.26. The highest BCUT2D eigenvalue weighted by Crippen LogP contribution is 2.31. The van der Waals surface area contributed by atoms with Crippen LogP contribution in [0.25, 0.3) is 0 Å². The van der Waals surface area contributed by atoms with Gasteiger partial charge in [0.05, 0.1) is 44.1 Å². The Hall–Kier alpha value is -4.88. The Morgan fingerprint density at radius 2 is 1.26 bits per heavy atom. The Labute approximate surface area is 269 Å². The van der Waals surface area contributed by atoms with Crippen LogP contribution in [0.3, 0.4) is 0 Å². The molecule has 4 rings (SSSR count). The fourth-order valence-electron chi connectivity index (χ4n) is 4.53. The van der Waals surface area contributed by atoms with Crippen molar-refractivity contribution < 1.29 is 40.6 Å². The number of ether oxygens (including phenoxy) is 3. The first-order chi connectivity index (χ1) is 21.9. The second-order valence-electron chi connectivity index (χ2n) is 10.2. The van der Waals surface area contributed by atoms with Gasteiger partial charge in [-0.3, -0.25) is 13.4 Å². The summed E-state index contributed by atoms with van der Waals surface area (Å²) in [4.78, 5) is 24.7. The van der Waals surface area contributed by atoms with Gasteiger partial charge in [0.15, 0.2) is 0 Å². The standard InChI is InChI=1S/C33H34N2O9S2/c1-42-32(36)22-34(45(3,38)39)28-16-14-25(15-17-28)21-35(46(40,41)24-27-12-8-5-9-13-27)29-18-19-31(30(20-29)33(37)43-2)44-23-26-10-6-4-7-11-26/h4-20H,21-24H2,1-3H3. The van der Waals surface area contributed by atoms with Crippen LogP contribution >= 0.6 is 0 Å². The van der Waals surface area contributed by atoms with Crippen molar-refractivity contribution in [3.05, 3.63) is 125 Å². The van der Waals surface area contributed by atoms with E-state index in [9.17, 15) is 26.4 Å². The highest BCUT2D eigenvalue weighted by atomic mass is 32.2. The lowest BCUT2D eigenvalue weighted by atomic mass is 10.1. The Morgan fingerprint density at radius 3 is 1.83 bits per heavy atom. The van der Waals surface area contributed by atoms with Gasteiger partial charge in [-0.15, -0.1) is 0 Å². The average molecular weight is 667 g/mol. The molecule has 0 amide bonds. The van der Waals surface area contributed by atoms with Crippen molar-refractivity contribution >= 4 is 43.4 Å². The maximum absolute atomic E-state index is 14.0. The smallest absolute Gasteiger partial charge is 0.341 e. The van der Waals surface area contributed by atoms with Gasteiger partial charge in [0.2, 0.25) is 20.0 Å². The summed E-state index contributed by atoms with van der Waals surface area (Å²) in [5.41, 5.74) is 2.37.